The first-order valence-corrected chi connectivity index (χ1v) is 30.5. The van der Waals surface area contributed by atoms with Crippen LogP contribution in [0.1, 0.15) is 22.3 Å². The number of nitrogens with zero attached hydrogens (tertiary/aromatic N) is 2. The minimum Gasteiger partial charge on any atom is -0.310 e. The van der Waals surface area contributed by atoms with E-state index in [0.29, 0.717) is 0 Å². The second-order valence-electron chi connectivity index (χ2n) is 20.5. The number of benzene rings is 10. The number of hydrogen-bond acceptors (Lipinski definition) is 2. The maximum absolute atomic E-state index is 2.52. The van der Waals surface area contributed by atoms with Gasteiger partial charge in [0.15, 0.2) is 0 Å². The van der Waals surface area contributed by atoms with Crippen LogP contribution in [-0.4, -0.2) is 16.1 Å². The van der Waals surface area contributed by atoms with Gasteiger partial charge < -0.3 is 9.80 Å². The molecule has 0 aliphatic carbocycles. The Morgan fingerprint density at radius 3 is 1.05 bits per heavy atom. The second-order valence-corrected chi connectivity index (χ2v) is 30.6. The lowest BCUT2D eigenvalue weighted by Gasteiger charge is -2.31. The van der Waals surface area contributed by atoms with Crippen molar-refractivity contribution in [1.29, 1.82) is 0 Å². The van der Waals surface area contributed by atoms with Crippen molar-refractivity contribution in [1.82, 2.24) is 0 Å². The fourth-order valence-corrected chi connectivity index (χ4v) is 12.4. The minimum atomic E-state index is -1.53. The van der Waals surface area contributed by atoms with Crippen molar-refractivity contribution in [3.8, 4) is 22.3 Å². The Labute approximate surface area is 394 Å². The monoisotopic (exact) mass is 888 g/mol. The molecule has 0 aliphatic rings. The fraction of sp³-hybridized carbons (Fsp3) is 0.161. The lowest BCUT2D eigenvalue weighted by Crippen LogP contribution is -2.37. The van der Waals surface area contributed by atoms with Gasteiger partial charge in [-0.2, -0.15) is 0 Å². The maximum atomic E-state index is 2.52. The molecule has 10 aromatic carbocycles. The van der Waals surface area contributed by atoms with Crippen molar-refractivity contribution in [2.75, 3.05) is 9.80 Å². The third-order valence-electron chi connectivity index (χ3n) is 13.9. The molecule has 66 heavy (non-hydrogen) atoms. The molecular weight excluding hydrogens is 829 g/mol. The lowest BCUT2D eigenvalue weighted by molar-refractivity contribution is 1.26. The van der Waals surface area contributed by atoms with Crippen molar-refractivity contribution in [2.45, 2.75) is 67.0 Å². The normalized spacial score (nSPS) is 12.1. The molecule has 0 amide bonds. The molecule has 0 radical (unpaired) electrons. The van der Waals surface area contributed by atoms with Gasteiger partial charge in [-0.15, -0.1) is 0 Å². The summed E-state index contributed by atoms with van der Waals surface area (Å²) < 4.78 is 0. The van der Waals surface area contributed by atoms with E-state index in [1.165, 1.54) is 110 Å². The molecule has 0 spiro atoms. The minimum absolute atomic E-state index is 1.16. The van der Waals surface area contributed by atoms with Crippen molar-refractivity contribution < 1.29 is 0 Å². The van der Waals surface area contributed by atoms with Crippen molar-refractivity contribution >= 4 is 93.0 Å². The van der Waals surface area contributed by atoms with Crippen LogP contribution in [0.4, 0.5) is 34.1 Å². The summed E-state index contributed by atoms with van der Waals surface area (Å²) in [6.45, 7) is 23.5. The van der Waals surface area contributed by atoms with Gasteiger partial charge >= 0.3 is 0 Å². The molecule has 10 rings (SSSR count). The summed E-state index contributed by atoms with van der Waals surface area (Å²) in [7, 11) is -3.06. The first-order valence-electron chi connectivity index (χ1n) is 23.5. The summed E-state index contributed by atoms with van der Waals surface area (Å²) in [5, 5.41) is 10.5. The molecule has 4 heteroatoms. The zero-order valence-corrected chi connectivity index (χ0v) is 42.2. The first kappa shape index (κ1) is 43.2. The van der Waals surface area contributed by atoms with Gasteiger partial charge in [0.05, 0.1) is 27.5 Å². The number of rotatable bonds is 10. The Bertz CT molecular complexity index is 3200. The molecule has 0 bridgehead atoms. The topological polar surface area (TPSA) is 6.48 Å². The molecular formula is C62H60N2Si2. The molecule has 0 unspecified atom stereocenters. The number of aryl methyl sites for hydroxylation is 4. The fourth-order valence-electron chi connectivity index (χ4n) is 10.0. The predicted octanol–water partition coefficient (Wildman–Crippen LogP) is 17.2. The Kier molecular flexibility index (Phi) is 10.9. The molecule has 0 saturated carbocycles. The maximum Gasteiger partial charge on any atom is 0.0775 e. The van der Waals surface area contributed by atoms with Crippen molar-refractivity contribution in [2.24, 2.45) is 0 Å². The first-order chi connectivity index (χ1) is 31.7. The van der Waals surface area contributed by atoms with Crippen LogP contribution in [0, 0.1) is 27.7 Å². The van der Waals surface area contributed by atoms with Crippen molar-refractivity contribution in [3.63, 3.8) is 0 Å². The van der Waals surface area contributed by atoms with E-state index in [0.717, 1.165) is 11.4 Å². The molecule has 0 saturated heterocycles. The smallest absolute Gasteiger partial charge is 0.0775 e. The molecule has 10 aromatic rings. The Balaban J connectivity index is 1.22. The van der Waals surface area contributed by atoms with Gasteiger partial charge in [-0.3, -0.25) is 0 Å². The summed E-state index contributed by atoms with van der Waals surface area (Å²) >= 11 is 0. The lowest BCUT2D eigenvalue weighted by atomic mass is 9.91. The van der Waals surface area contributed by atoms with Gasteiger partial charge in [0.25, 0.3) is 0 Å². The molecule has 0 aromatic heterocycles. The van der Waals surface area contributed by atoms with Crippen LogP contribution in [0.15, 0.2) is 182 Å². The SMILES string of the molecule is Cc1ccccc1-c1ccc(C)c(N(c2ccc([Si](C)(C)C)cc2)c2ccc3ccc4c(N(c5ccc([Si](C)(C)C)cc5)c5cc(-c6ccccc6C)ccc5C)ccc5ccc2c3c54)c1. The second kappa shape index (κ2) is 16.6. The van der Waals surface area contributed by atoms with Crippen LogP contribution in [0.25, 0.3) is 54.6 Å². The molecule has 2 nitrogen and oxygen atoms in total. The van der Waals surface area contributed by atoms with Gasteiger partial charge in [-0.1, -0.05) is 183 Å². The summed E-state index contributed by atoms with van der Waals surface area (Å²) in [5.74, 6) is 0. The summed E-state index contributed by atoms with van der Waals surface area (Å²) in [6, 6.07) is 69.1. The molecule has 0 atom stereocenters. The number of anilines is 6. The number of hydrogen-bond donors (Lipinski definition) is 0. The quantitative estimate of drug-likeness (QED) is 0.0997. The van der Waals surface area contributed by atoms with Gasteiger partial charge in [-0.25, -0.2) is 0 Å². The van der Waals surface area contributed by atoms with Gasteiger partial charge in [0.2, 0.25) is 0 Å². The molecule has 326 valence electrons. The van der Waals surface area contributed by atoms with Crippen LogP contribution >= 0.6 is 0 Å². The highest BCUT2D eigenvalue weighted by Gasteiger charge is 2.25. The van der Waals surface area contributed by atoms with E-state index in [2.05, 4.69) is 259 Å². The van der Waals surface area contributed by atoms with E-state index in [-0.39, 0.29) is 0 Å². The van der Waals surface area contributed by atoms with Crippen molar-refractivity contribution in [3.05, 3.63) is 204 Å². The average molecular weight is 889 g/mol. The Hall–Kier alpha value is -6.73. The predicted molar refractivity (Wildman–Crippen MR) is 295 cm³/mol. The van der Waals surface area contributed by atoms with Gasteiger partial charge in [0, 0.05) is 33.5 Å². The Morgan fingerprint density at radius 1 is 0.318 bits per heavy atom. The van der Waals surface area contributed by atoms with E-state index in [4.69, 9.17) is 0 Å². The van der Waals surface area contributed by atoms with Gasteiger partial charge in [-0.05, 0) is 142 Å². The standard InChI is InChI=1S/C62H60N2Si2/c1-41-15-11-13-17-53(41)47-21-19-43(3)59(39-47)63(49-27-31-51(32-28-49)65(5,6)7)57-37-25-45-24-36-56-58(38-26-46-23-35-55(57)61(45)62(46)56)64(50-29-33-52(34-30-50)66(8,9)10)60-40-48(22-20-44(60)4)54-18-14-12-16-42(54)2/h11-40H,1-10H3. The molecule has 0 fully saturated rings. The largest absolute Gasteiger partial charge is 0.310 e. The molecule has 0 aliphatic heterocycles. The summed E-state index contributed by atoms with van der Waals surface area (Å²) in [5.41, 5.74) is 17.0. The van der Waals surface area contributed by atoms with E-state index in [1.807, 2.05) is 0 Å². The van der Waals surface area contributed by atoms with Crippen LogP contribution in [0.5, 0.6) is 0 Å². The molecule has 0 heterocycles. The average Bonchev–Trinajstić information content (AvgIpc) is 3.30. The van der Waals surface area contributed by atoms with Gasteiger partial charge in [0.1, 0.15) is 0 Å². The zero-order chi connectivity index (χ0) is 46.1. The van der Waals surface area contributed by atoms with E-state index in [1.54, 1.807) is 0 Å². The third kappa shape index (κ3) is 7.72. The summed E-state index contributed by atoms with van der Waals surface area (Å²) in [4.78, 5) is 5.04. The van der Waals surface area contributed by atoms with E-state index < -0.39 is 16.1 Å². The van der Waals surface area contributed by atoms with Crippen LogP contribution in [0.3, 0.4) is 0 Å². The van der Waals surface area contributed by atoms with E-state index >= 15 is 0 Å². The van der Waals surface area contributed by atoms with Crippen LogP contribution < -0.4 is 20.2 Å². The van der Waals surface area contributed by atoms with Crippen LogP contribution in [-0.2, 0) is 0 Å². The highest BCUT2D eigenvalue weighted by Crippen LogP contribution is 2.49. The highest BCUT2D eigenvalue weighted by atomic mass is 28.3. The summed E-state index contributed by atoms with van der Waals surface area (Å²) in [6.07, 6.45) is 0. The van der Waals surface area contributed by atoms with Crippen LogP contribution in [0.2, 0.25) is 39.3 Å². The zero-order valence-electron chi connectivity index (χ0n) is 40.2. The van der Waals surface area contributed by atoms with E-state index in [9.17, 15) is 0 Å². The Morgan fingerprint density at radius 2 is 0.682 bits per heavy atom. The highest BCUT2D eigenvalue weighted by molar-refractivity contribution is 6.89. The third-order valence-corrected chi connectivity index (χ3v) is 18.0. The molecule has 0 N–H and O–H groups in total.